The number of carbonyl (C=O) groups excluding carboxylic acids is 1. The van der Waals surface area contributed by atoms with Gasteiger partial charge in [0.05, 0.1) is 10.3 Å². The summed E-state index contributed by atoms with van der Waals surface area (Å²) >= 11 is 1.22. The van der Waals surface area contributed by atoms with Gasteiger partial charge in [0.25, 0.3) is 11.5 Å². The van der Waals surface area contributed by atoms with Crippen LogP contribution in [0.15, 0.2) is 47.4 Å². The highest BCUT2D eigenvalue weighted by Crippen LogP contribution is 2.32. The second kappa shape index (κ2) is 6.35. The number of carbonyl (C=O) groups is 1. The van der Waals surface area contributed by atoms with E-state index >= 15 is 0 Å². The molecule has 0 spiro atoms. The third-order valence-corrected chi connectivity index (χ3v) is 5.67. The quantitative estimate of drug-likeness (QED) is 0.579. The molecule has 3 aromatic heterocycles. The van der Waals surface area contributed by atoms with E-state index in [1.54, 1.807) is 12.3 Å². The van der Waals surface area contributed by atoms with Gasteiger partial charge in [0.15, 0.2) is 11.5 Å². The van der Waals surface area contributed by atoms with Crippen LogP contribution in [0.5, 0.6) is 11.5 Å². The fourth-order valence-electron chi connectivity index (χ4n) is 3.19. The van der Waals surface area contributed by atoms with Gasteiger partial charge in [0.2, 0.25) is 6.79 Å². The van der Waals surface area contributed by atoms with Gasteiger partial charge in [0, 0.05) is 12.7 Å². The predicted molar refractivity (Wildman–Crippen MR) is 105 cm³/mol. The summed E-state index contributed by atoms with van der Waals surface area (Å²) in [6.07, 6.45) is 1.69. The first-order chi connectivity index (χ1) is 13.6. The molecule has 1 aliphatic rings. The molecule has 8 heteroatoms. The van der Waals surface area contributed by atoms with Gasteiger partial charge in [-0.25, -0.2) is 4.98 Å². The molecule has 5 rings (SSSR count). The molecule has 0 atom stereocenters. The minimum absolute atomic E-state index is 0.172. The summed E-state index contributed by atoms with van der Waals surface area (Å²) in [6, 6.07) is 10.9. The first-order valence-corrected chi connectivity index (χ1v) is 9.50. The maximum absolute atomic E-state index is 12.7. The number of hydrogen-bond acceptors (Lipinski definition) is 6. The van der Waals surface area contributed by atoms with Crippen LogP contribution >= 0.6 is 11.3 Å². The Hall–Kier alpha value is -3.39. The number of nitrogens with one attached hydrogen (secondary N) is 1. The monoisotopic (exact) mass is 393 g/mol. The summed E-state index contributed by atoms with van der Waals surface area (Å²) in [6.45, 7) is 2.46. The zero-order chi connectivity index (χ0) is 19.3. The topological polar surface area (TPSA) is 81.9 Å². The van der Waals surface area contributed by atoms with E-state index in [2.05, 4.69) is 10.3 Å². The summed E-state index contributed by atoms with van der Waals surface area (Å²) in [5, 5.41) is 3.32. The van der Waals surface area contributed by atoms with E-state index in [-0.39, 0.29) is 18.3 Å². The predicted octanol–water partition coefficient (Wildman–Crippen LogP) is 2.88. The van der Waals surface area contributed by atoms with Crippen molar-refractivity contribution in [3.05, 3.63) is 69.0 Å². The number of pyridine rings is 1. The third kappa shape index (κ3) is 2.69. The zero-order valence-electron chi connectivity index (χ0n) is 14.9. The highest BCUT2D eigenvalue weighted by molar-refractivity contribution is 7.20. The molecule has 0 saturated heterocycles. The smallest absolute Gasteiger partial charge is 0.266 e. The van der Waals surface area contributed by atoms with Gasteiger partial charge < -0.3 is 14.8 Å². The molecule has 140 valence electrons. The van der Waals surface area contributed by atoms with Gasteiger partial charge >= 0.3 is 0 Å². The number of rotatable bonds is 3. The molecule has 0 bridgehead atoms. The highest BCUT2D eigenvalue weighted by atomic mass is 32.1. The second-order valence-corrected chi connectivity index (χ2v) is 7.53. The largest absolute Gasteiger partial charge is 0.454 e. The molecular formula is C20H15N3O4S. The molecule has 0 radical (unpaired) electrons. The normalized spacial score (nSPS) is 12.6. The molecule has 28 heavy (non-hydrogen) atoms. The number of thiophene rings is 1. The van der Waals surface area contributed by atoms with Crippen molar-refractivity contribution in [1.82, 2.24) is 14.7 Å². The van der Waals surface area contributed by atoms with Crippen LogP contribution in [0.3, 0.4) is 0 Å². The maximum atomic E-state index is 12.7. The van der Waals surface area contributed by atoms with Gasteiger partial charge in [-0.1, -0.05) is 12.1 Å². The molecule has 4 aromatic rings. The molecule has 1 aromatic carbocycles. The maximum Gasteiger partial charge on any atom is 0.266 e. The summed E-state index contributed by atoms with van der Waals surface area (Å²) in [4.78, 5) is 30.9. The second-order valence-electron chi connectivity index (χ2n) is 6.50. The van der Waals surface area contributed by atoms with Crippen molar-refractivity contribution in [1.29, 1.82) is 0 Å². The average Bonchev–Trinajstić information content (AvgIpc) is 3.33. The molecule has 4 heterocycles. The van der Waals surface area contributed by atoms with Gasteiger partial charge in [-0.2, -0.15) is 0 Å². The molecule has 1 amide bonds. The number of aryl methyl sites for hydroxylation is 1. The van der Waals surface area contributed by atoms with E-state index in [0.717, 1.165) is 11.1 Å². The lowest BCUT2D eigenvalue weighted by Crippen LogP contribution is -2.21. The Kier molecular flexibility index (Phi) is 3.80. The molecule has 0 aliphatic carbocycles. The minimum Gasteiger partial charge on any atom is -0.454 e. The highest BCUT2D eigenvalue weighted by Gasteiger charge is 2.17. The lowest BCUT2D eigenvalue weighted by atomic mass is 10.2. The first-order valence-electron chi connectivity index (χ1n) is 8.68. The van der Waals surface area contributed by atoms with Crippen LogP contribution in [0.2, 0.25) is 0 Å². The van der Waals surface area contributed by atoms with Crippen molar-refractivity contribution in [2.75, 3.05) is 6.79 Å². The van der Waals surface area contributed by atoms with Gasteiger partial charge in [0.1, 0.15) is 10.5 Å². The Bertz CT molecular complexity index is 1310. The van der Waals surface area contributed by atoms with Gasteiger partial charge in [-0.15, -0.1) is 11.3 Å². The summed E-state index contributed by atoms with van der Waals surface area (Å²) in [5.74, 6) is 1.13. The zero-order valence-corrected chi connectivity index (χ0v) is 15.7. The van der Waals surface area contributed by atoms with E-state index in [0.29, 0.717) is 38.8 Å². The van der Waals surface area contributed by atoms with E-state index in [1.807, 2.05) is 37.3 Å². The Morgan fingerprint density at radius 3 is 3.00 bits per heavy atom. The molecule has 1 aliphatic heterocycles. The molecule has 0 fully saturated rings. The standard InChI is InChI=1S/C20H15N3O4S/c1-11-3-2-6-23-17(11)22-19-13(20(23)25)8-16(28-19)18(24)21-9-12-4-5-14-15(7-12)27-10-26-14/h2-8H,9-10H2,1H3,(H,21,24). The Morgan fingerprint density at radius 1 is 1.25 bits per heavy atom. The van der Waals surface area contributed by atoms with Crippen LogP contribution in [-0.2, 0) is 6.54 Å². The van der Waals surface area contributed by atoms with E-state index in [1.165, 1.54) is 15.7 Å². The molecule has 7 nitrogen and oxygen atoms in total. The average molecular weight is 393 g/mol. The van der Waals surface area contributed by atoms with Crippen molar-refractivity contribution in [3.8, 4) is 11.5 Å². The van der Waals surface area contributed by atoms with E-state index < -0.39 is 0 Å². The lowest BCUT2D eigenvalue weighted by Gasteiger charge is -2.04. The van der Waals surface area contributed by atoms with Crippen LogP contribution in [0, 0.1) is 6.92 Å². The van der Waals surface area contributed by atoms with Gasteiger partial charge in [-0.3, -0.25) is 14.0 Å². The van der Waals surface area contributed by atoms with Crippen molar-refractivity contribution in [2.24, 2.45) is 0 Å². The van der Waals surface area contributed by atoms with Crippen molar-refractivity contribution in [2.45, 2.75) is 13.5 Å². The van der Waals surface area contributed by atoms with Crippen LogP contribution < -0.4 is 20.3 Å². The number of hydrogen-bond donors (Lipinski definition) is 1. The molecule has 0 unspecified atom stereocenters. The molecular weight excluding hydrogens is 378 g/mol. The number of aromatic nitrogens is 2. The first kappa shape index (κ1) is 16.8. The van der Waals surface area contributed by atoms with Crippen LogP contribution in [0.25, 0.3) is 15.9 Å². The number of fused-ring (bicyclic) bond motifs is 3. The van der Waals surface area contributed by atoms with Crippen LogP contribution in [0.4, 0.5) is 0 Å². The molecule has 0 saturated carbocycles. The van der Waals surface area contributed by atoms with Crippen molar-refractivity contribution in [3.63, 3.8) is 0 Å². The van der Waals surface area contributed by atoms with E-state index in [9.17, 15) is 9.59 Å². The number of nitrogens with zero attached hydrogens (tertiary/aromatic N) is 2. The summed E-state index contributed by atoms with van der Waals surface area (Å²) in [7, 11) is 0. The number of benzene rings is 1. The molecule has 1 N–H and O–H groups in total. The minimum atomic E-state index is -0.245. The Labute approximate surface area is 163 Å². The van der Waals surface area contributed by atoms with Gasteiger partial charge in [-0.05, 0) is 42.3 Å². The number of ether oxygens (including phenoxy) is 2. The Balaban J connectivity index is 1.43. The lowest BCUT2D eigenvalue weighted by molar-refractivity contribution is 0.0955. The number of amides is 1. The van der Waals surface area contributed by atoms with Crippen LogP contribution in [-0.4, -0.2) is 22.1 Å². The third-order valence-electron chi connectivity index (χ3n) is 4.65. The van der Waals surface area contributed by atoms with Crippen molar-refractivity contribution >= 4 is 33.1 Å². The Morgan fingerprint density at radius 2 is 2.11 bits per heavy atom. The van der Waals surface area contributed by atoms with E-state index in [4.69, 9.17) is 9.47 Å². The van der Waals surface area contributed by atoms with Crippen molar-refractivity contribution < 1.29 is 14.3 Å². The SMILES string of the molecule is Cc1cccn2c(=O)c3cc(C(=O)NCc4ccc5c(c4)OCO5)sc3nc12. The fraction of sp³-hybridized carbons (Fsp3) is 0.150. The summed E-state index contributed by atoms with van der Waals surface area (Å²) < 4.78 is 12.2. The van der Waals surface area contributed by atoms with Crippen LogP contribution in [0.1, 0.15) is 20.8 Å². The fourth-order valence-corrected chi connectivity index (χ4v) is 4.13. The summed E-state index contributed by atoms with van der Waals surface area (Å²) in [5.41, 5.74) is 2.24.